The van der Waals surface area contributed by atoms with Crippen molar-refractivity contribution in [3.05, 3.63) is 127 Å². The van der Waals surface area contributed by atoms with Crippen LogP contribution in [0.15, 0.2) is 36.4 Å². The van der Waals surface area contributed by atoms with Gasteiger partial charge in [0.25, 0.3) is 17.5 Å². The molecule has 0 saturated heterocycles. The Morgan fingerprint density at radius 1 is 0.508 bits per heavy atom. The number of aryl methyl sites for hydroxylation is 6. The first-order valence-corrected chi connectivity index (χ1v) is 22.8. The summed E-state index contributed by atoms with van der Waals surface area (Å²) in [6, 6.07) is 9.60. The predicted molar refractivity (Wildman–Crippen MR) is 242 cm³/mol. The minimum atomic E-state index is -1.58. The second-order valence-electron chi connectivity index (χ2n) is 14.4. The number of rotatable bonds is 16. The lowest BCUT2D eigenvalue weighted by atomic mass is 9.84. The normalized spacial score (nSPS) is 11.9. The highest BCUT2D eigenvalue weighted by Crippen LogP contribution is 2.37. The Balaban J connectivity index is 1.49. The van der Waals surface area contributed by atoms with Gasteiger partial charge in [0.15, 0.2) is 0 Å². The third kappa shape index (κ3) is 9.49. The van der Waals surface area contributed by atoms with Crippen molar-refractivity contribution >= 4 is 104 Å². The van der Waals surface area contributed by atoms with Crippen LogP contribution in [-0.2, 0) is 38.9 Å². The molecule has 3 aromatic carbocycles. The summed E-state index contributed by atoms with van der Waals surface area (Å²) in [6.45, 7) is 13.0. The molecule has 0 unspecified atom stereocenters. The molecule has 0 saturated carbocycles. The van der Waals surface area contributed by atoms with Gasteiger partial charge in [0.1, 0.15) is 36.7 Å². The van der Waals surface area contributed by atoms with E-state index in [1.54, 1.807) is 36.4 Å². The van der Waals surface area contributed by atoms with Crippen molar-refractivity contribution in [2.75, 3.05) is 0 Å². The fourth-order valence-corrected chi connectivity index (χ4v) is 10.9. The number of nitro groups is 1. The van der Waals surface area contributed by atoms with E-state index >= 15 is 0 Å². The molecular formula is C40H42Cl9N10O2+3. The van der Waals surface area contributed by atoms with Crippen LogP contribution in [0.25, 0.3) is 17.1 Å². The SMILES string of the molecule is CC[n+]1c(C)nc(CCC(CCc2nc(C)[n+](CC)n2-c2c(Cl)cc(Cl)cc2Cl)(CCc2nc(C)[n+](CC)n2-c2c(Cl)cc(Cl)cc2Cl)[N+](=O)[O-])n1-c1c(Cl)cc(Cl)cc1Cl. The van der Waals surface area contributed by atoms with Crippen molar-refractivity contribution in [2.45, 2.75) is 105 Å². The van der Waals surface area contributed by atoms with Crippen molar-refractivity contribution in [1.29, 1.82) is 0 Å². The van der Waals surface area contributed by atoms with E-state index < -0.39 is 5.54 Å². The van der Waals surface area contributed by atoms with Gasteiger partial charge in [0, 0.05) is 79.3 Å². The first kappa shape index (κ1) is 47.6. The Labute approximate surface area is 398 Å². The van der Waals surface area contributed by atoms with E-state index in [1.165, 1.54) is 0 Å². The van der Waals surface area contributed by atoms with Crippen LogP contribution in [0.1, 0.15) is 75.0 Å². The summed E-state index contributed by atoms with van der Waals surface area (Å²) < 4.78 is 11.2. The van der Waals surface area contributed by atoms with Gasteiger partial charge in [0.2, 0.25) is 5.54 Å². The van der Waals surface area contributed by atoms with E-state index in [0.29, 0.717) is 117 Å². The Hall–Kier alpha value is -2.91. The first-order valence-electron chi connectivity index (χ1n) is 19.4. The van der Waals surface area contributed by atoms with Crippen LogP contribution in [0.4, 0.5) is 0 Å². The summed E-state index contributed by atoms with van der Waals surface area (Å²) in [7, 11) is 0. The monoisotopic (exact) mass is 1010 g/mol. The highest BCUT2D eigenvalue weighted by Gasteiger charge is 2.46. The number of benzene rings is 3. The molecule has 324 valence electrons. The molecule has 6 rings (SSSR count). The van der Waals surface area contributed by atoms with E-state index in [4.69, 9.17) is 119 Å². The van der Waals surface area contributed by atoms with E-state index in [1.807, 2.05) is 69.6 Å². The van der Waals surface area contributed by atoms with Crippen molar-refractivity contribution in [1.82, 2.24) is 29.0 Å². The lowest BCUT2D eigenvalue weighted by Gasteiger charge is -2.24. The Morgan fingerprint density at radius 2 is 0.738 bits per heavy atom. The average molecular weight is 1010 g/mol. The minimum absolute atomic E-state index is 0.0504. The number of halogens is 9. The molecule has 61 heavy (non-hydrogen) atoms. The van der Waals surface area contributed by atoms with E-state index in [0.717, 1.165) is 0 Å². The van der Waals surface area contributed by atoms with Crippen LogP contribution in [0.2, 0.25) is 45.2 Å². The zero-order valence-corrected chi connectivity index (χ0v) is 40.8. The average Bonchev–Trinajstić information content (AvgIpc) is 3.77. The molecule has 0 bridgehead atoms. The van der Waals surface area contributed by atoms with Crippen LogP contribution < -0.4 is 14.0 Å². The van der Waals surface area contributed by atoms with Gasteiger partial charge < -0.3 is 0 Å². The minimum Gasteiger partial charge on any atom is -0.264 e. The number of aromatic nitrogens is 9. The maximum atomic E-state index is 13.9. The van der Waals surface area contributed by atoms with E-state index in [-0.39, 0.29) is 43.4 Å². The second kappa shape index (κ2) is 19.5. The Kier molecular flexibility index (Phi) is 15.2. The summed E-state index contributed by atoms with van der Waals surface area (Å²) in [5, 5.41) is 16.8. The molecule has 21 heteroatoms. The number of hydrogen-bond acceptors (Lipinski definition) is 5. The zero-order chi connectivity index (χ0) is 44.7. The van der Waals surface area contributed by atoms with Crippen molar-refractivity contribution < 1.29 is 19.0 Å². The molecule has 3 aromatic heterocycles. The van der Waals surface area contributed by atoms with Crippen LogP contribution in [0.3, 0.4) is 0 Å². The number of hydrogen-bond donors (Lipinski definition) is 0. The van der Waals surface area contributed by atoms with Crippen molar-refractivity contribution in [2.24, 2.45) is 0 Å². The van der Waals surface area contributed by atoms with E-state index in [2.05, 4.69) is 0 Å². The molecule has 0 amide bonds. The van der Waals surface area contributed by atoms with Crippen LogP contribution >= 0.6 is 104 Å². The molecule has 6 aromatic rings. The highest BCUT2D eigenvalue weighted by molar-refractivity contribution is 6.42. The van der Waals surface area contributed by atoms with Gasteiger partial charge in [-0.2, -0.15) is 0 Å². The summed E-state index contributed by atoms with van der Waals surface area (Å²) in [5.41, 5.74) is -0.185. The Morgan fingerprint density at radius 3 is 0.934 bits per heavy atom. The molecule has 0 aliphatic carbocycles. The van der Waals surface area contributed by atoms with Gasteiger partial charge in [-0.1, -0.05) is 104 Å². The molecule has 0 aliphatic heterocycles. The maximum Gasteiger partial charge on any atom is 0.316 e. The van der Waals surface area contributed by atoms with Gasteiger partial charge in [-0.3, -0.25) is 10.1 Å². The van der Waals surface area contributed by atoms with E-state index in [9.17, 15) is 10.1 Å². The molecule has 0 aliphatic rings. The number of nitrogens with zero attached hydrogens (tertiary/aromatic N) is 10. The maximum absolute atomic E-state index is 13.9. The van der Waals surface area contributed by atoms with Crippen LogP contribution in [-0.4, -0.2) is 39.5 Å². The Bertz CT molecular complexity index is 2320. The molecule has 0 atom stereocenters. The van der Waals surface area contributed by atoms with Crippen molar-refractivity contribution in [3.63, 3.8) is 0 Å². The van der Waals surface area contributed by atoms with Crippen molar-refractivity contribution in [3.8, 4) is 17.1 Å². The third-order valence-electron chi connectivity index (χ3n) is 10.8. The fraction of sp³-hybridized carbons (Fsp3) is 0.400. The molecule has 0 N–H and O–H groups in total. The fourth-order valence-electron chi connectivity index (χ4n) is 7.97. The van der Waals surface area contributed by atoms with Gasteiger partial charge in [0.05, 0.1) is 30.1 Å². The summed E-state index contributed by atoms with van der Waals surface area (Å²) >= 11 is 59.7. The zero-order valence-electron chi connectivity index (χ0n) is 34.0. The molecule has 3 heterocycles. The summed E-state index contributed by atoms with van der Waals surface area (Å²) in [4.78, 5) is 28.4. The highest BCUT2D eigenvalue weighted by atomic mass is 35.5. The topological polar surface area (TPSA) is 108 Å². The molecule has 0 fully saturated rings. The van der Waals surface area contributed by atoms with Gasteiger partial charge in [-0.05, 0) is 72.1 Å². The van der Waals surface area contributed by atoms with Crippen LogP contribution in [0.5, 0.6) is 0 Å². The largest absolute Gasteiger partial charge is 0.316 e. The standard InChI is InChI=1S/C40H42Cl9N10O2/c1-7-53-22(4)50-34(56(53)37-28(44)16-25(41)17-29(37)45)10-13-40(59(60)61,14-11-35-51-23(5)54(8-2)57(35)38-30(46)18-26(42)19-31(38)47)15-12-36-52-24(6)55(9-3)58(36)39-32(48)20-27(43)21-33(39)49/h16-21H,7-15H2,1-6H3/q+3. The van der Waals surface area contributed by atoms with Gasteiger partial charge in [-0.15, -0.1) is 28.1 Å². The smallest absolute Gasteiger partial charge is 0.264 e. The first-order chi connectivity index (χ1) is 28.9. The second-order valence-corrected chi connectivity index (χ2v) is 18.2. The molecule has 0 spiro atoms. The quantitative estimate of drug-likeness (QED) is 0.0545. The molecule has 12 nitrogen and oxygen atoms in total. The van der Waals surface area contributed by atoms with Crippen LogP contribution in [0, 0.1) is 30.9 Å². The third-order valence-corrected chi connectivity index (χ3v) is 13.1. The molecular weight excluding hydrogens is 972 g/mol. The van der Waals surface area contributed by atoms with Gasteiger partial charge in [-0.25, -0.2) is 0 Å². The molecule has 0 radical (unpaired) electrons. The lowest BCUT2D eigenvalue weighted by Crippen LogP contribution is -2.46. The summed E-state index contributed by atoms with van der Waals surface area (Å²) in [5.74, 6) is 3.59. The summed E-state index contributed by atoms with van der Waals surface area (Å²) in [6.07, 6.45) is 0.647. The van der Waals surface area contributed by atoms with Gasteiger partial charge >= 0.3 is 17.5 Å². The lowest BCUT2D eigenvalue weighted by molar-refractivity contribution is -0.770. The predicted octanol–water partition coefficient (Wildman–Crippen LogP) is 11.2.